The highest BCUT2D eigenvalue weighted by Crippen LogP contribution is 2.15. The van der Waals surface area contributed by atoms with Crippen molar-refractivity contribution in [3.05, 3.63) is 18.1 Å². The molecule has 0 spiro atoms. The molecular weight excluding hydrogens is 268 g/mol. The Kier molecular flexibility index (Phi) is 5.92. The molecule has 1 aliphatic heterocycles. The minimum atomic E-state index is -0.0629. The SMILES string of the molecule is CCCNc1cncc(C(=O)N2CCCC(OCC)C2)n1. The zero-order valence-electron chi connectivity index (χ0n) is 12.8. The number of rotatable bonds is 6. The summed E-state index contributed by atoms with van der Waals surface area (Å²) in [6.45, 7) is 6.97. The molecule has 1 saturated heterocycles. The maximum Gasteiger partial charge on any atom is 0.274 e. The summed E-state index contributed by atoms with van der Waals surface area (Å²) in [5.41, 5.74) is 0.397. The molecule has 21 heavy (non-hydrogen) atoms. The van der Waals surface area contributed by atoms with Gasteiger partial charge in [0, 0.05) is 26.2 Å². The first-order chi connectivity index (χ1) is 10.2. The van der Waals surface area contributed by atoms with Crippen LogP contribution >= 0.6 is 0 Å². The van der Waals surface area contributed by atoms with Gasteiger partial charge in [0.1, 0.15) is 11.5 Å². The third kappa shape index (κ3) is 4.39. The molecule has 1 aromatic heterocycles. The summed E-state index contributed by atoms with van der Waals surface area (Å²) in [7, 11) is 0. The molecule has 1 atom stereocenters. The standard InChI is InChI=1S/C15H24N4O2/c1-3-7-17-14-10-16-9-13(18-14)15(20)19-8-5-6-12(11-19)21-4-2/h9-10,12H,3-8,11H2,1-2H3,(H,17,18). The number of hydrogen-bond donors (Lipinski definition) is 1. The molecule has 0 aliphatic carbocycles. The number of carbonyl (C=O) groups is 1. The van der Waals surface area contributed by atoms with Crippen molar-refractivity contribution in [3.63, 3.8) is 0 Å². The Balaban J connectivity index is 2.01. The van der Waals surface area contributed by atoms with E-state index in [9.17, 15) is 4.79 Å². The Hall–Kier alpha value is -1.69. The van der Waals surface area contributed by atoms with Crippen LogP contribution in [0.2, 0.25) is 0 Å². The topological polar surface area (TPSA) is 67.4 Å². The number of anilines is 1. The summed E-state index contributed by atoms with van der Waals surface area (Å²) in [5, 5.41) is 3.15. The Morgan fingerprint density at radius 3 is 3.10 bits per heavy atom. The van der Waals surface area contributed by atoms with Gasteiger partial charge in [-0.3, -0.25) is 9.78 Å². The average Bonchev–Trinajstić information content (AvgIpc) is 2.53. The van der Waals surface area contributed by atoms with E-state index in [-0.39, 0.29) is 12.0 Å². The molecule has 0 aromatic carbocycles. The van der Waals surface area contributed by atoms with Gasteiger partial charge in [0.25, 0.3) is 5.91 Å². The van der Waals surface area contributed by atoms with Gasteiger partial charge in [0.15, 0.2) is 0 Å². The van der Waals surface area contributed by atoms with Crippen LogP contribution in [0.5, 0.6) is 0 Å². The molecule has 1 N–H and O–H groups in total. The molecule has 1 unspecified atom stereocenters. The van der Waals surface area contributed by atoms with E-state index in [1.807, 2.05) is 11.8 Å². The fourth-order valence-electron chi connectivity index (χ4n) is 2.46. The van der Waals surface area contributed by atoms with Crippen LogP contribution in [-0.4, -0.2) is 53.1 Å². The highest BCUT2D eigenvalue weighted by atomic mass is 16.5. The van der Waals surface area contributed by atoms with E-state index in [2.05, 4.69) is 22.2 Å². The van der Waals surface area contributed by atoms with Gasteiger partial charge in [-0.2, -0.15) is 0 Å². The van der Waals surface area contributed by atoms with Gasteiger partial charge in [0.05, 0.1) is 18.5 Å². The first-order valence-corrected chi connectivity index (χ1v) is 7.71. The molecule has 2 heterocycles. The zero-order valence-corrected chi connectivity index (χ0v) is 12.8. The van der Waals surface area contributed by atoms with Crippen molar-refractivity contribution in [3.8, 4) is 0 Å². The van der Waals surface area contributed by atoms with Gasteiger partial charge in [0.2, 0.25) is 0 Å². The van der Waals surface area contributed by atoms with E-state index in [0.717, 1.165) is 32.4 Å². The van der Waals surface area contributed by atoms with Gasteiger partial charge >= 0.3 is 0 Å². The first kappa shape index (κ1) is 15.7. The van der Waals surface area contributed by atoms with Crippen LogP contribution in [0.25, 0.3) is 0 Å². The predicted molar refractivity (Wildman–Crippen MR) is 81.4 cm³/mol. The van der Waals surface area contributed by atoms with Gasteiger partial charge in [-0.05, 0) is 26.2 Å². The number of ether oxygens (including phenoxy) is 1. The Morgan fingerprint density at radius 1 is 1.48 bits per heavy atom. The van der Waals surface area contributed by atoms with Crippen LogP contribution in [-0.2, 0) is 4.74 Å². The molecule has 1 aromatic rings. The number of aromatic nitrogens is 2. The van der Waals surface area contributed by atoms with Gasteiger partial charge < -0.3 is 15.0 Å². The van der Waals surface area contributed by atoms with Crippen LogP contribution in [0.1, 0.15) is 43.6 Å². The molecule has 6 nitrogen and oxygen atoms in total. The van der Waals surface area contributed by atoms with Crippen molar-refractivity contribution >= 4 is 11.7 Å². The predicted octanol–water partition coefficient (Wildman–Crippen LogP) is 1.94. The van der Waals surface area contributed by atoms with E-state index in [4.69, 9.17) is 4.74 Å². The van der Waals surface area contributed by atoms with Crippen molar-refractivity contribution in [2.75, 3.05) is 31.6 Å². The van der Waals surface area contributed by atoms with Crippen LogP contribution in [0.4, 0.5) is 5.82 Å². The fraction of sp³-hybridized carbons (Fsp3) is 0.667. The molecule has 2 rings (SSSR count). The van der Waals surface area contributed by atoms with Crippen LogP contribution in [0.3, 0.4) is 0 Å². The van der Waals surface area contributed by atoms with Gasteiger partial charge in [-0.15, -0.1) is 0 Å². The number of carbonyl (C=O) groups excluding carboxylic acids is 1. The molecule has 0 bridgehead atoms. The number of likely N-dealkylation sites (tertiary alicyclic amines) is 1. The third-order valence-electron chi connectivity index (χ3n) is 3.48. The van der Waals surface area contributed by atoms with Gasteiger partial charge in [-0.1, -0.05) is 6.92 Å². The summed E-state index contributed by atoms with van der Waals surface area (Å²) >= 11 is 0. The second-order valence-electron chi connectivity index (χ2n) is 5.19. The lowest BCUT2D eigenvalue weighted by atomic mass is 10.1. The minimum Gasteiger partial charge on any atom is -0.377 e. The Labute approximate surface area is 125 Å². The van der Waals surface area contributed by atoms with E-state index < -0.39 is 0 Å². The number of nitrogens with zero attached hydrogens (tertiary/aromatic N) is 3. The van der Waals surface area contributed by atoms with E-state index in [1.165, 1.54) is 6.20 Å². The van der Waals surface area contributed by atoms with Crippen molar-refractivity contribution in [1.82, 2.24) is 14.9 Å². The minimum absolute atomic E-state index is 0.0629. The lowest BCUT2D eigenvalue weighted by Gasteiger charge is -2.32. The first-order valence-electron chi connectivity index (χ1n) is 7.71. The van der Waals surface area contributed by atoms with Crippen LogP contribution in [0.15, 0.2) is 12.4 Å². The summed E-state index contributed by atoms with van der Waals surface area (Å²) < 4.78 is 5.63. The normalized spacial score (nSPS) is 18.6. The quantitative estimate of drug-likeness (QED) is 0.868. The molecule has 6 heteroatoms. The van der Waals surface area contributed by atoms with Gasteiger partial charge in [-0.25, -0.2) is 4.98 Å². The lowest BCUT2D eigenvalue weighted by Crippen LogP contribution is -2.43. The van der Waals surface area contributed by atoms with E-state index >= 15 is 0 Å². The highest BCUT2D eigenvalue weighted by molar-refractivity contribution is 5.92. The van der Waals surface area contributed by atoms with Crippen molar-refractivity contribution in [2.24, 2.45) is 0 Å². The zero-order chi connectivity index (χ0) is 15.1. The highest BCUT2D eigenvalue weighted by Gasteiger charge is 2.25. The number of amides is 1. The van der Waals surface area contributed by atoms with Crippen LogP contribution < -0.4 is 5.32 Å². The van der Waals surface area contributed by atoms with E-state index in [0.29, 0.717) is 24.7 Å². The third-order valence-corrected chi connectivity index (χ3v) is 3.48. The molecular formula is C15H24N4O2. The summed E-state index contributed by atoms with van der Waals surface area (Å²) in [4.78, 5) is 22.8. The van der Waals surface area contributed by atoms with E-state index in [1.54, 1.807) is 6.20 Å². The molecule has 1 amide bonds. The molecule has 1 fully saturated rings. The number of piperidine rings is 1. The van der Waals surface area contributed by atoms with Crippen molar-refractivity contribution in [1.29, 1.82) is 0 Å². The Morgan fingerprint density at radius 2 is 2.33 bits per heavy atom. The van der Waals surface area contributed by atoms with Crippen LogP contribution in [0, 0.1) is 0 Å². The summed E-state index contributed by atoms with van der Waals surface area (Å²) in [5.74, 6) is 0.591. The summed E-state index contributed by atoms with van der Waals surface area (Å²) in [6, 6.07) is 0. The molecule has 0 saturated carbocycles. The molecule has 116 valence electrons. The monoisotopic (exact) mass is 292 g/mol. The molecule has 0 radical (unpaired) electrons. The molecule has 1 aliphatic rings. The Bertz CT molecular complexity index is 465. The largest absolute Gasteiger partial charge is 0.377 e. The average molecular weight is 292 g/mol. The van der Waals surface area contributed by atoms with Crippen molar-refractivity contribution in [2.45, 2.75) is 39.2 Å². The second-order valence-corrected chi connectivity index (χ2v) is 5.19. The maximum absolute atomic E-state index is 12.5. The number of hydrogen-bond acceptors (Lipinski definition) is 5. The van der Waals surface area contributed by atoms with Crippen molar-refractivity contribution < 1.29 is 9.53 Å². The fourth-order valence-corrected chi connectivity index (χ4v) is 2.46. The number of nitrogens with one attached hydrogen (secondary N) is 1. The lowest BCUT2D eigenvalue weighted by molar-refractivity contribution is 0.00702. The maximum atomic E-state index is 12.5. The summed E-state index contributed by atoms with van der Waals surface area (Å²) in [6.07, 6.45) is 6.30. The smallest absolute Gasteiger partial charge is 0.274 e. The second kappa shape index (κ2) is 7.93.